The number of carbonyl (C=O) groups is 1. The summed E-state index contributed by atoms with van der Waals surface area (Å²) in [6.45, 7) is 1.58. The molecule has 0 aromatic heterocycles. The SMILES string of the molecule is Cc1ccc(C(=O)Nc2ccc(C#CCO)cc2)cc1O. The van der Waals surface area contributed by atoms with Gasteiger partial charge in [-0.3, -0.25) is 4.79 Å². The zero-order chi connectivity index (χ0) is 15.2. The zero-order valence-electron chi connectivity index (χ0n) is 11.6. The highest BCUT2D eigenvalue weighted by atomic mass is 16.3. The van der Waals surface area contributed by atoms with E-state index in [0.717, 1.165) is 11.1 Å². The number of aliphatic hydroxyl groups is 1. The van der Waals surface area contributed by atoms with Gasteiger partial charge in [0, 0.05) is 16.8 Å². The molecule has 0 heterocycles. The highest BCUT2D eigenvalue weighted by molar-refractivity contribution is 6.04. The molecule has 106 valence electrons. The number of benzene rings is 2. The number of nitrogens with one attached hydrogen (secondary N) is 1. The molecule has 4 heteroatoms. The molecular weight excluding hydrogens is 266 g/mol. The fourth-order valence-electron chi connectivity index (χ4n) is 1.73. The van der Waals surface area contributed by atoms with Crippen LogP contribution >= 0.6 is 0 Å². The lowest BCUT2D eigenvalue weighted by Crippen LogP contribution is -2.11. The van der Waals surface area contributed by atoms with Crippen LogP contribution in [0.25, 0.3) is 0 Å². The Labute approximate surface area is 123 Å². The summed E-state index contributed by atoms with van der Waals surface area (Å²) >= 11 is 0. The second-order valence-electron chi connectivity index (χ2n) is 4.49. The molecule has 2 aromatic carbocycles. The van der Waals surface area contributed by atoms with Crippen molar-refractivity contribution in [2.45, 2.75) is 6.92 Å². The molecule has 21 heavy (non-hydrogen) atoms. The van der Waals surface area contributed by atoms with Crippen molar-refractivity contribution in [3.63, 3.8) is 0 Å². The van der Waals surface area contributed by atoms with Crippen LogP contribution in [0.2, 0.25) is 0 Å². The van der Waals surface area contributed by atoms with Crippen molar-refractivity contribution < 1.29 is 15.0 Å². The summed E-state index contributed by atoms with van der Waals surface area (Å²) in [5.74, 6) is 5.13. The largest absolute Gasteiger partial charge is 0.508 e. The summed E-state index contributed by atoms with van der Waals surface area (Å²) < 4.78 is 0. The molecule has 0 saturated carbocycles. The van der Waals surface area contributed by atoms with Crippen molar-refractivity contribution >= 4 is 11.6 Å². The number of aromatic hydroxyl groups is 1. The van der Waals surface area contributed by atoms with Gasteiger partial charge in [0.2, 0.25) is 0 Å². The van der Waals surface area contributed by atoms with E-state index in [1.807, 2.05) is 0 Å². The van der Waals surface area contributed by atoms with E-state index in [4.69, 9.17) is 5.11 Å². The summed E-state index contributed by atoms with van der Waals surface area (Å²) in [7, 11) is 0. The average molecular weight is 281 g/mol. The van der Waals surface area contributed by atoms with Crippen LogP contribution in [0.15, 0.2) is 42.5 Å². The van der Waals surface area contributed by atoms with Crippen LogP contribution in [0.1, 0.15) is 21.5 Å². The lowest BCUT2D eigenvalue weighted by atomic mass is 10.1. The van der Waals surface area contributed by atoms with Gasteiger partial charge in [-0.1, -0.05) is 17.9 Å². The maximum atomic E-state index is 12.1. The van der Waals surface area contributed by atoms with Gasteiger partial charge in [-0.2, -0.15) is 0 Å². The summed E-state index contributed by atoms with van der Waals surface area (Å²) in [5, 5.41) is 21.0. The van der Waals surface area contributed by atoms with Crippen LogP contribution < -0.4 is 5.32 Å². The number of phenolic OH excluding ortho intramolecular Hbond substituents is 1. The quantitative estimate of drug-likeness (QED) is 0.740. The van der Waals surface area contributed by atoms with Crippen molar-refractivity contribution in [2.75, 3.05) is 11.9 Å². The van der Waals surface area contributed by atoms with Crippen LogP contribution in [0, 0.1) is 18.8 Å². The van der Waals surface area contributed by atoms with Gasteiger partial charge in [-0.15, -0.1) is 0 Å². The molecule has 0 fully saturated rings. The van der Waals surface area contributed by atoms with E-state index in [2.05, 4.69) is 17.2 Å². The fraction of sp³-hybridized carbons (Fsp3) is 0.118. The topological polar surface area (TPSA) is 69.6 Å². The Balaban J connectivity index is 2.10. The minimum absolute atomic E-state index is 0.0947. The minimum atomic E-state index is -0.292. The first kappa shape index (κ1) is 14.6. The smallest absolute Gasteiger partial charge is 0.255 e. The maximum Gasteiger partial charge on any atom is 0.255 e. The average Bonchev–Trinajstić information content (AvgIpc) is 2.49. The number of aliphatic hydroxyl groups excluding tert-OH is 1. The van der Waals surface area contributed by atoms with Gasteiger partial charge in [-0.25, -0.2) is 0 Å². The van der Waals surface area contributed by atoms with Crippen LogP contribution in [0.3, 0.4) is 0 Å². The Morgan fingerprint density at radius 2 is 1.90 bits per heavy atom. The number of aryl methyl sites for hydroxylation is 1. The molecule has 0 radical (unpaired) electrons. The predicted molar refractivity (Wildman–Crippen MR) is 81.2 cm³/mol. The number of hydrogen-bond acceptors (Lipinski definition) is 3. The standard InChI is InChI=1S/C17H15NO3/c1-12-4-7-14(11-16(12)20)17(21)18-15-8-5-13(6-9-15)3-2-10-19/h4-9,11,19-20H,10H2,1H3,(H,18,21). The van der Waals surface area contributed by atoms with E-state index < -0.39 is 0 Å². The number of rotatable bonds is 2. The number of phenols is 1. The first-order valence-electron chi connectivity index (χ1n) is 6.41. The number of anilines is 1. The van der Waals surface area contributed by atoms with E-state index in [1.165, 1.54) is 6.07 Å². The molecular formula is C17H15NO3. The monoisotopic (exact) mass is 281 g/mol. The molecule has 0 aliphatic rings. The Morgan fingerprint density at radius 1 is 1.19 bits per heavy atom. The highest BCUT2D eigenvalue weighted by Crippen LogP contribution is 2.18. The molecule has 0 bridgehead atoms. The van der Waals surface area contributed by atoms with Gasteiger partial charge in [0.25, 0.3) is 5.91 Å². The molecule has 0 spiro atoms. The van der Waals surface area contributed by atoms with Gasteiger partial charge in [0.1, 0.15) is 12.4 Å². The van der Waals surface area contributed by atoms with E-state index in [-0.39, 0.29) is 18.3 Å². The van der Waals surface area contributed by atoms with Crippen LogP contribution in [0.5, 0.6) is 5.75 Å². The molecule has 2 aromatic rings. The number of hydrogen-bond donors (Lipinski definition) is 3. The highest BCUT2D eigenvalue weighted by Gasteiger charge is 2.08. The van der Waals surface area contributed by atoms with Gasteiger partial charge in [-0.05, 0) is 48.9 Å². The zero-order valence-corrected chi connectivity index (χ0v) is 11.6. The maximum absolute atomic E-state index is 12.1. The summed E-state index contributed by atoms with van der Waals surface area (Å²) in [6.07, 6.45) is 0. The predicted octanol–water partition coefficient (Wildman–Crippen LogP) is 2.30. The first-order chi connectivity index (χ1) is 10.1. The van der Waals surface area contributed by atoms with Crippen molar-refractivity contribution in [2.24, 2.45) is 0 Å². The second kappa shape index (κ2) is 6.60. The van der Waals surface area contributed by atoms with E-state index in [9.17, 15) is 9.90 Å². The van der Waals surface area contributed by atoms with Crippen molar-refractivity contribution in [1.29, 1.82) is 0 Å². The third kappa shape index (κ3) is 3.85. The van der Waals surface area contributed by atoms with Gasteiger partial charge >= 0.3 is 0 Å². The van der Waals surface area contributed by atoms with E-state index >= 15 is 0 Å². The number of amides is 1. The Hall–Kier alpha value is -2.77. The van der Waals surface area contributed by atoms with Crippen molar-refractivity contribution in [3.8, 4) is 17.6 Å². The second-order valence-corrected chi connectivity index (χ2v) is 4.49. The fourth-order valence-corrected chi connectivity index (χ4v) is 1.73. The van der Waals surface area contributed by atoms with Crippen molar-refractivity contribution in [3.05, 3.63) is 59.2 Å². The summed E-state index contributed by atoms with van der Waals surface area (Å²) in [4.78, 5) is 12.1. The lowest BCUT2D eigenvalue weighted by Gasteiger charge is -2.06. The lowest BCUT2D eigenvalue weighted by molar-refractivity contribution is 0.102. The van der Waals surface area contributed by atoms with Crippen LogP contribution in [-0.2, 0) is 0 Å². The van der Waals surface area contributed by atoms with Crippen molar-refractivity contribution in [1.82, 2.24) is 0 Å². The third-order valence-electron chi connectivity index (χ3n) is 2.93. The molecule has 3 N–H and O–H groups in total. The van der Waals surface area contributed by atoms with E-state index in [1.54, 1.807) is 43.3 Å². The molecule has 0 atom stereocenters. The Morgan fingerprint density at radius 3 is 2.52 bits per heavy atom. The molecule has 2 rings (SSSR count). The van der Waals surface area contributed by atoms with Gasteiger partial charge in [0.05, 0.1) is 0 Å². The molecule has 0 aliphatic heterocycles. The summed E-state index contributed by atoms with van der Waals surface area (Å²) in [6, 6.07) is 11.8. The molecule has 0 aliphatic carbocycles. The number of carbonyl (C=O) groups excluding carboxylic acids is 1. The molecule has 4 nitrogen and oxygen atoms in total. The first-order valence-corrected chi connectivity index (χ1v) is 6.41. The van der Waals surface area contributed by atoms with Crippen LogP contribution in [0.4, 0.5) is 5.69 Å². The molecule has 0 saturated heterocycles. The minimum Gasteiger partial charge on any atom is -0.508 e. The van der Waals surface area contributed by atoms with Gasteiger partial charge in [0.15, 0.2) is 0 Å². The van der Waals surface area contributed by atoms with Gasteiger partial charge < -0.3 is 15.5 Å². The van der Waals surface area contributed by atoms with Crippen LogP contribution in [-0.4, -0.2) is 22.7 Å². The third-order valence-corrected chi connectivity index (χ3v) is 2.93. The normalized spacial score (nSPS) is 9.62. The Kier molecular flexibility index (Phi) is 4.60. The molecule has 0 unspecified atom stereocenters. The Bertz CT molecular complexity index is 709. The van der Waals surface area contributed by atoms with E-state index in [0.29, 0.717) is 11.3 Å². The summed E-state index contributed by atoms with van der Waals surface area (Å²) in [5.41, 5.74) is 2.50. The molecule has 1 amide bonds.